The summed E-state index contributed by atoms with van der Waals surface area (Å²) in [5, 5.41) is 30.1. The molecule has 3 N–H and O–H groups in total. The van der Waals surface area contributed by atoms with Crippen molar-refractivity contribution in [2.24, 2.45) is 40.4 Å². The van der Waals surface area contributed by atoms with Gasteiger partial charge in [-0.15, -0.1) is 0 Å². The first-order valence-electron chi connectivity index (χ1n) is 11.9. The van der Waals surface area contributed by atoms with Crippen molar-refractivity contribution in [1.29, 1.82) is 0 Å². The number of fused-ring (bicyclic) bond motifs is 5. The van der Waals surface area contributed by atoms with Gasteiger partial charge in [-0.2, -0.15) is 0 Å². The highest BCUT2D eigenvalue weighted by atomic mass is 32.2. The fourth-order valence-electron chi connectivity index (χ4n) is 8.35. The predicted molar refractivity (Wildman–Crippen MR) is 122 cm³/mol. The molecule has 33 heavy (non-hydrogen) atoms. The van der Waals surface area contributed by atoms with Crippen LogP contribution in [-0.4, -0.2) is 49.5 Å². The first kappa shape index (κ1) is 24.5. The number of carboxylic acids is 2. The molecule has 0 aromatic heterocycles. The predicted octanol–water partition coefficient (Wildman–Crippen LogP) is 3.54. The zero-order valence-electron chi connectivity index (χ0n) is 19.5. The third kappa shape index (κ3) is 3.42. The van der Waals surface area contributed by atoms with Crippen molar-refractivity contribution >= 4 is 34.6 Å². The van der Waals surface area contributed by atoms with Crippen LogP contribution >= 0.6 is 11.8 Å². The summed E-state index contributed by atoms with van der Waals surface area (Å²) >= 11 is 0.857. The van der Waals surface area contributed by atoms with Gasteiger partial charge in [0.1, 0.15) is 4.75 Å². The second-order valence-corrected chi connectivity index (χ2v) is 12.6. The number of ketones is 1. The van der Waals surface area contributed by atoms with Gasteiger partial charge >= 0.3 is 11.9 Å². The van der Waals surface area contributed by atoms with Gasteiger partial charge in [-0.3, -0.25) is 19.2 Å². The molecule has 4 aliphatic carbocycles. The van der Waals surface area contributed by atoms with Crippen molar-refractivity contribution in [3.8, 4) is 0 Å². The van der Waals surface area contributed by atoms with Gasteiger partial charge < -0.3 is 15.3 Å². The molecule has 0 aliphatic heterocycles. The summed E-state index contributed by atoms with van der Waals surface area (Å²) in [5.41, 5.74) is -0.406. The highest BCUT2D eigenvalue weighted by molar-refractivity contribution is 8.15. The average Bonchev–Trinajstić information content (AvgIpc) is 3.04. The Labute approximate surface area is 198 Å². The summed E-state index contributed by atoms with van der Waals surface area (Å²) < 4.78 is -1.43. The second-order valence-electron chi connectivity index (χ2n) is 11.0. The molecule has 7 nitrogen and oxygen atoms in total. The molecule has 0 aromatic carbocycles. The summed E-state index contributed by atoms with van der Waals surface area (Å²) in [4.78, 5) is 50.3. The van der Waals surface area contributed by atoms with E-state index in [2.05, 4.69) is 6.92 Å². The maximum Gasteiger partial charge on any atom is 0.320 e. The minimum absolute atomic E-state index is 0.0109. The molecule has 3 saturated carbocycles. The van der Waals surface area contributed by atoms with Gasteiger partial charge in [0.25, 0.3) is 0 Å². The maximum absolute atomic E-state index is 13.0. The number of hydrogen-bond donors (Lipinski definition) is 3. The van der Waals surface area contributed by atoms with Crippen LogP contribution in [-0.2, 0) is 19.2 Å². The molecule has 0 aromatic rings. The van der Waals surface area contributed by atoms with Crippen molar-refractivity contribution in [3.05, 3.63) is 11.6 Å². The minimum Gasteiger partial charge on any atom is -0.481 e. The van der Waals surface area contributed by atoms with Gasteiger partial charge in [0.05, 0.1) is 5.92 Å². The van der Waals surface area contributed by atoms with Crippen LogP contribution in [0.2, 0.25) is 0 Å². The molecule has 0 heterocycles. The topological polar surface area (TPSA) is 129 Å². The SMILES string of the molecule is CC(=O)SC1(C(=O)O)CC2=CC(=O)CC(C(=O)O)[C@]2(C)[C@H]2CC[C@]3(C)[C@@H](CCO)CC[C@H]3[C@@H]21. The molecule has 0 radical (unpaired) electrons. The fourth-order valence-corrected chi connectivity index (χ4v) is 9.64. The number of hydrogen-bond acceptors (Lipinski definition) is 6. The van der Waals surface area contributed by atoms with Crippen LogP contribution in [0.1, 0.15) is 65.7 Å². The van der Waals surface area contributed by atoms with Crippen molar-refractivity contribution < 1.29 is 34.5 Å². The fraction of sp³-hybridized carbons (Fsp3) is 0.760. The summed E-state index contributed by atoms with van der Waals surface area (Å²) in [7, 11) is 0. The number of aliphatic hydroxyl groups is 1. The van der Waals surface area contributed by atoms with Gasteiger partial charge in [0.15, 0.2) is 10.9 Å². The molecular formula is C25H34O7S. The molecule has 182 valence electrons. The van der Waals surface area contributed by atoms with Crippen LogP contribution in [0.4, 0.5) is 0 Å². The lowest BCUT2D eigenvalue weighted by Gasteiger charge is -2.63. The van der Waals surface area contributed by atoms with E-state index in [1.165, 1.54) is 13.0 Å². The van der Waals surface area contributed by atoms with E-state index in [0.29, 0.717) is 18.4 Å². The molecular weight excluding hydrogens is 444 g/mol. The Morgan fingerprint density at radius 2 is 1.82 bits per heavy atom. The Balaban J connectivity index is 1.92. The van der Waals surface area contributed by atoms with Crippen LogP contribution in [0.3, 0.4) is 0 Å². The Bertz CT molecular complexity index is 928. The summed E-state index contributed by atoms with van der Waals surface area (Å²) in [6, 6.07) is 0. The number of aliphatic hydroxyl groups excluding tert-OH is 1. The molecule has 0 saturated heterocycles. The summed E-state index contributed by atoms with van der Waals surface area (Å²) in [6.45, 7) is 5.57. The number of carboxylic acid groups (broad SMARTS) is 2. The quantitative estimate of drug-likeness (QED) is 0.547. The van der Waals surface area contributed by atoms with Crippen molar-refractivity contribution in [3.63, 3.8) is 0 Å². The van der Waals surface area contributed by atoms with Crippen molar-refractivity contribution in [2.75, 3.05) is 6.61 Å². The van der Waals surface area contributed by atoms with Crippen LogP contribution in [0.25, 0.3) is 0 Å². The third-order valence-electron chi connectivity index (χ3n) is 9.85. The molecule has 8 heteroatoms. The average molecular weight is 479 g/mol. The van der Waals surface area contributed by atoms with Gasteiger partial charge in [-0.05, 0) is 73.7 Å². The Morgan fingerprint density at radius 1 is 1.12 bits per heavy atom. The minimum atomic E-state index is -1.43. The molecule has 4 rings (SSSR count). The van der Waals surface area contributed by atoms with E-state index < -0.39 is 28.0 Å². The highest BCUT2D eigenvalue weighted by Gasteiger charge is 2.70. The van der Waals surface area contributed by atoms with E-state index in [-0.39, 0.29) is 59.4 Å². The summed E-state index contributed by atoms with van der Waals surface area (Å²) in [6.07, 6.45) is 5.26. The van der Waals surface area contributed by atoms with Gasteiger partial charge in [0.2, 0.25) is 0 Å². The molecule has 3 fully saturated rings. The summed E-state index contributed by atoms with van der Waals surface area (Å²) in [5.74, 6) is -3.60. The van der Waals surface area contributed by atoms with E-state index >= 15 is 0 Å². The van der Waals surface area contributed by atoms with Crippen molar-refractivity contribution in [1.82, 2.24) is 0 Å². The van der Waals surface area contributed by atoms with E-state index in [9.17, 15) is 34.5 Å². The molecule has 8 atom stereocenters. The van der Waals surface area contributed by atoms with Crippen LogP contribution in [0.5, 0.6) is 0 Å². The number of allylic oxidation sites excluding steroid dienone is 1. The molecule has 4 aliphatic rings. The monoisotopic (exact) mass is 478 g/mol. The lowest BCUT2D eigenvalue weighted by molar-refractivity contribution is -0.161. The third-order valence-corrected chi connectivity index (χ3v) is 11.1. The first-order valence-corrected chi connectivity index (χ1v) is 12.7. The first-order chi connectivity index (χ1) is 15.4. The van der Waals surface area contributed by atoms with Gasteiger partial charge in [-0.1, -0.05) is 31.2 Å². The maximum atomic E-state index is 13.0. The number of thioether (sulfide) groups is 1. The van der Waals surface area contributed by atoms with E-state index in [1.54, 1.807) is 0 Å². The van der Waals surface area contributed by atoms with Crippen LogP contribution in [0, 0.1) is 40.4 Å². The standard InChI is InChI=1S/C25H34O7S/c1-13(27)33-25(22(31)32)12-15-10-16(28)11-19(21(29)30)24(15,3)18-6-8-23(2)14(7-9-26)4-5-17(23)20(18)25/h10,14,17-20,26H,4-9,11-12H2,1-3H3,(H,29,30)(H,31,32)/t14-,17+,18+,19?,20+,23-,24+,25?/m1/s1. The van der Waals surface area contributed by atoms with Gasteiger partial charge in [-0.25, -0.2) is 0 Å². The van der Waals surface area contributed by atoms with Crippen LogP contribution < -0.4 is 0 Å². The lowest BCUT2D eigenvalue weighted by Crippen LogP contribution is -2.64. The zero-order chi connectivity index (χ0) is 24.3. The number of carbonyl (C=O) groups is 4. The largest absolute Gasteiger partial charge is 0.481 e. The molecule has 0 amide bonds. The molecule has 2 unspecified atom stereocenters. The highest BCUT2D eigenvalue weighted by Crippen LogP contribution is 2.71. The lowest BCUT2D eigenvalue weighted by atomic mass is 9.42. The normalized spacial score (nSPS) is 44.3. The smallest absolute Gasteiger partial charge is 0.320 e. The number of carbonyl (C=O) groups excluding carboxylic acids is 2. The molecule has 0 spiro atoms. The Morgan fingerprint density at radius 3 is 2.39 bits per heavy atom. The Kier molecular flexibility index (Phi) is 6.09. The van der Waals surface area contributed by atoms with Crippen molar-refractivity contribution in [2.45, 2.75) is 70.5 Å². The Hall–Kier alpha value is -1.67. The van der Waals surface area contributed by atoms with Gasteiger partial charge in [0, 0.05) is 25.4 Å². The number of rotatable bonds is 5. The second kappa shape index (κ2) is 8.22. The zero-order valence-corrected chi connectivity index (χ0v) is 20.3. The number of aliphatic carboxylic acids is 2. The molecule has 0 bridgehead atoms. The van der Waals surface area contributed by atoms with E-state index in [0.717, 1.165) is 31.0 Å². The van der Waals surface area contributed by atoms with E-state index in [1.807, 2.05) is 6.92 Å². The van der Waals surface area contributed by atoms with E-state index in [4.69, 9.17) is 0 Å². The van der Waals surface area contributed by atoms with Crippen LogP contribution in [0.15, 0.2) is 11.6 Å².